The highest BCUT2D eigenvalue weighted by Crippen LogP contribution is 2.31. The first-order chi connectivity index (χ1) is 12.6. The highest BCUT2D eigenvalue weighted by atomic mass is 35.5. The maximum Gasteiger partial charge on any atom is 0.185 e. The molecule has 2 aromatic carbocycles. The lowest BCUT2D eigenvalue weighted by Crippen LogP contribution is -2.12. The Morgan fingerprint density at radius 2 is 1.62 bits per heavy atom. The van der Waals surface area contributed by atoms with Gasteiger partial charge in [-0.2, -0.15) is 0 Å². The van der Waals surface area contributed by atoms with Gasteiger partial charge in [0.15, 0.2) is 5.78 Å². The van der Waals surface area contributed by atoms with Gasteiger partial charge in [-0.05, 0) is 61.2 Å². The predicted molar refractivity (Wildman–Crippen MR) is 106 cm³/mol. The summed E-state index contributed by atoms with van der Waals surface area (Å²) < 4.78 is 10.7. The van der Waals surface area contributed by atoms with Crippen LogP contribution in [0.3, 0.4) is 0 Å². The maximum atomic E-state index is 12.9. The average Bonchev–Trinajstić information content (AvgIpc) is 2.67. The molecule has 0 N–H and O–H groups in total. The van der Waals surface area contributed by atoms with Crippen LogP contribution >= 0.6 is 11.6 Å². The van der Waals surface area contributed by atoms with E-state index in [1.54, 1.807) is 14.2 Å². The molecule has 1 aliphatic rings. The molecule has 1 saturated carbocycles. The highest BCUT2D eigenvalue weighted by Gasteiger charge is 2.21. The Morgan fingerprint density at radius 1 is 0.923 bits per heavy atom. The van der Waals surface area contributed by atoms with Gasteiger partial charge in [0, 0.05) is 27.8 Å². The zero-order valence-electron chi connectivity index (χ0n) is 14.9. The van der Waals surface area contributed by atoms with Crippen molar-refractivity contribution in [3.05, 3.63) is 69.8 Å². The monoisotopic (exact) mass is 368 g/mol. The van der Waals surface area contributed by atoms with Crippen LogP contribution in [0.5, 0.6) is 11.5 Å². The fourth-order valence-electron chi connectivity index (χ4n) is 3.06. The van der Waals surface area contributed by atoms with E-state index in [4.69, 9.17) is 21.1 Å². The topological polar surface area (TPSA) is 35.5 Å². The van der Waals surface area contributed by atoms with Gasteiger partial charge in [0.05, 0.1) is 14.2 Å². The summed E-state index contributed by atoms with van der Waals surface area (Å²) in [6.07, 6.45) is 6.40. The molecule has 0 atom stereocenters. The Morgan fingerprint density at radius 3 is 2.27 bits per heavy atom. The molecule has 0 unspecified atom stereocenters. The van der Waals surface area contributed by atoms with E-state index in [1.807, 2.05) is 54.6 Å². The number of Topliss-reactive ketones (excluding diaryl/α,β-unsaturated/α-hetero) is 1. The van der Waals surface area contributed by atoms with Gasteiger partial charge in [-0.15, -0.1) is 0 Å². The summed E-state index contributed by atoms with van der Waals surface area (Å²) in [6.45, 7) is 0. The van der Waals surface area contributed by atoms with Crippen molar-refractivity contribution in [2.45, 2.75) is 19.3 Å². The van der Waals surface area contributed by atoms with Crippen molar-refractivity contribution in [2.24, 2.45) is 0 Å². The molecule has 0 bridgehead atoms. The van der Waals surface area contributed by atoms with Crippen molar-refractivity contribution in [1.82, 2.24) is 0 Å². The Bertz CT molecular complexity index is 863. The molecule has 0 radical (unpaired) electrons. The largest absolute Gasteiger partial charge is 0.497 e. The second-order valence-corrected chi connectivity index (χ2v) is 6.62. The molecule has 4 heteroatoms. The molecule has 1 aliphatic carbocycles. The molecule has 134 valence electrons. The number of benzene rings is 2. The number of allylic oxidation sites excluding steroid dienone is 2. The highest BCUT2D eigenvalue weighted by molar-refractivity contribution is 6.30. The van der Waals surface area contributed by atoms with Gasteiger partial charge >= 0.3 is 0 Å². The van der Waals surface area contributed by atoms with Crippen molar-refractivity contribution < 1.29 is 14.3 Å². The number of rotatable bonds is 4. The lowest BCUT2D eigenvalue weighted by atomic mass is 9.86. The summed E-state index contributed by atoms with van der Waals surface area (Å²) >= 11 is 5.93. The number of ether oxygens (including phenoxy) is 2. The van der Waals surface area contributed by atoms with E-state index in [2.05, 4.69) is 0 Å². The van der Waals surface area contributed by atoms with Gasteiger partial charge in [-0.3, -0.25) is 4.79 Å². The van der Waals surface area contributed by atoms with Crippen LogP contribution in [-0.4, -0.2) is 20.0 Å². The summed E-state index contributed by atoms with van der Waals surface area (Å²) in [7, 11) is 3.23. The van der Waals surface area contributed by atoms with Crippen molar-refractivity contribution in [2.75, 3.05) is 14.2 Å². The molecular formula is C22H21ClO3. The summed E-state index contributed by atoms with van der Waals surface area (Å²) in [5.41, 5.74) is 3.50. The maximum absolute atomic E-state index is 12.9. The minimum Gasteiger partial charge on any atom is -0.497 e. The Balaban J connectivity index is 1.90. The number of ketones is 1. The minimum absolute atomic E-state index is 0.101. The van der Waals surface area contributed by atoms with Crippen LogP contribution in [0.1, 0.15) is 30.4 Å². The normalized spacial score (nSPS) is 17.6. The van der Waals surface area contributed by atoms with Crippen molar-refractivity contribution in [3.63, 3.8) is 0 Å². The van der Waals surface area contributed by atoms with E-state index in [-0.39, 0.29) is 5.78 Å². The summed E-state index contributed by atoms with van der Waals surface area (Å²) in [5.74, 6) is 1.52. The van der Waals surface area contributed by atoms with Gasteiger partial charge in [0.2, 0.25) is 0 Å². The Hall–Kier alpha value is -2.52. The molecule has 3 nitrogen and oxygen atoms in total. The zero-order valence-corrected chi connectivity index (χ0v) is 15.7. The van der Waals surface area contributed by atoms with E-state index < -0.39 is 0 Å². The Kier molecular flexibility index (Phi) is 5.79. The third-order valence-electron chi connectivity index (χ3n) is 4.46. The number of methoxy groups -OCH3 is 2. The van der Waals surface area contributed by atoms with Crippen LogP contribution in [0.15, 0.2) is 53.6 Å². The van der Waals surface area contributed by atoms with Gasteiger partial charge in [0.25, 0.3) is 0 Å². The van der Waals surface area contributed by atoms with Gasteiger partial charge < -0.3 is 9.47 Å². The van der Waals surface area contributed by atoms with Gasteiger partial charge in [-0.25, -0.2) is 0 Å². The van der Waals surface area contributed by atoms with E-state index in [0.717, 1.165) is 47.3 Å². The molecule has 0 amide bonds. The predicted octanol–water partition coefficient (Wildman–Crippen LogP) is 5.58. The zero-order chi connectivity index (χ0) is 18.5. The molecule has 3 rings (SSSR count). The van der Waals surface area contributed by atoms with Gasteiger partial charge in [-0.1, -0.05) is 23.7 Å². The molecule has 2 aromatic rings. The van der Waals surface area contributed by atoms with Crippen LogP contribution < -0.4 is 9.47 Å². The lowest BCUT2D eigenvalue weighted by Gasteiger charge is -2.17. The van der Waals surface area contributed by atoms with Gasteiger partial charge in [0.1, 0.15) is 11.5 Å². The second kappa shape index (κ2) is 8.24. The molecule has 0 heterocycles. The third kappa shape index (κ3) is 4.17. The van der Waals surface area contributed by atoms with Crippen molar-refractivity contribution in [3.8, 4) is 11.5 Å². The van der Waals surface area contributed by atoms with E-state index >= 15 is 0 Å². The van der Waals surface area contributed by atoms with Crippen LogP contribution in [0.4, 0.5) is 0 Å². The van der Waals surface area contributed by atoms with Crippen LogP contribution in [0.2, 0.25) is 5.02 Å². The molecular weight excluding hydrogens is 348 g/mol. The standard InChI is InChI=1S/C22H21ClO3/c1-25-20-11-8-16(21(14-20)26-2)13-18-5-3-4-17(22(18)24)12-15-6-9-19(23)10-7-15/h6-14H,3-5H2,1-2H3/b17-12+,18-13+. The lowest BCUT2D eigenvalue weighted by molar-refractivity contribution is -0.112. The summed E-state index contributed by atoms with van der Waals surface area (Å²) in [6, 6.07) is 13.1. The number of halogens is 1. The summed E-state index contributed by atoms with van der Waals surface area (Å²) in [4.78, 5) is 12.9. The summed E-state index contributed by atoms with van der Waals surface area (Å²) in [5, 5.41) is 0.689. The van der Waals surface area contributed by atoms with Crippen LogP contribution in [-0.2, 0) is 4.79 Å². The van der Waals surface area contributed by atoms with E-state index in [9.17, 15) is 4.79 Å². The number of hydrogen-bond acceptors (Lipinski definition) is 3. The second-order valence-electron chi connectivity index (χ2n) is 6.18. The van der Waals surface area contributed by atoms with E-state index in [0.29, 0.717) is 10.8 Å². The average molecular weight is 369 g/mol. The number of hydrogen-bond donors (Lipinski definition) is 0. The van der Waals surface area contributed by atoms with Crippen molar-refractivity contribution in [1.29, 1.82) is 0 Å². The fourth-order valence-corrected chi connectivity index (χ4v) is 3.19. The first-order valence-corrected chi connectivity index (χ1v) is 8.92. The first kappa shape index (κ1) is 18.3. The Labute approximate surface area is 158 Å². The SMILES string of the molecule is COc1ccc(/C=C2\CCC/C(=C\c3ccc(Cl)cc3)C2=O)c(OC)c1. The third-order valence-corrected chi connectivity index (χ3v) is 4.71. The fraction of sp³-hybridized carbons (Fsp3) is 0.227. The smallest absolute Gasteiger partial charge is 0.185 e. The molecule has 1 fully saturated rings. The van der Waals surface area contributed by atoms with Crippen molar-refractivity contribution >= 4 is 29.5 Å². The van der Waals surface area contributed by atoms with Crippen LogP contribution in [0, 0.1) is 0 Å². The first-order valence-electron chi connectivity index (χ1n) is 8.54. The molecule has 0 spiro atoms. The number of carbonyl (C=O) groups excluding carboxylic acids is 1. The molecule has 0 saturated heterocycles. The number of carbonyl (C=O) groups is 1. The van der Waals surface area contributed by atoms with E-state index in [1.165, 1.54) is 0 Å². The molecule has 0 aliphatic heterocycles. The molecule has 0 aromatic heterocycles. The van der Waals surface area contributed by atoms with Crippen LogP contribution in [0.25, 0.3) is 12.2 Å². The molecule has 26 heavy (non-hydrogen) atoms. The minimum atomic E-state index is 0.101. The quantitative estimate of drug-likeness (QED) is 0.661.